The fourth-order valence-electron chi connectivity index (χ4n) is 10.6. The first-order valence-corrected chi connectivity index (χ1v) is 21.7. The van der Waals surface area contributed by atoms with Crippen LogP contribution in [0.15, 0.2) is 146 Å². The molecule has 0 aromatic heterocycles. The summed E-state index contributed by atoms with van der Waals surface area (Å²) in [5.41, 5.74) is 7.16. The molecule has 0 spiro atoms. The predicted molar refractivity (Wildman–Crippen MR) is 243 cm³/mol. The number of rotatable bonds is 4. The molecule has 0 radical (unpaired) electrons. The van der Waals surface area contributed by atoms with E-state index in [1.807, 2.05) is 54.6 Å². The normalized spacial score (nSPS) is 24.9. The molecule has 1 N–H and O–H groups in total. The van der Waals surface area contributed by atoms with Crippen molar-refractivity contribution in [3.63, 3.8) is 0 Å². The number of phenols is 1. The van der Waals surface area contributed by atoms with E-state index in [2.05, 4.69) is 92.1 Å². The van der Waals surface area contributed by atoms with Gasteiger partial charge < -0.3 is 19.6 Å². The number of para-hydroxylation sites is 4. The zero-order valence-corrected chi connectivity index (χ0v) is 35.9. The number of anilines is 4. The number of halogens is 3. The summed E-state index contributed by atoms with van der Waals surface area (Å²) in [5, 5.41) is 9.52. The number of hydrogen-bond donors (Lipinski definition) is 1. The van der Waals surface area contributed by atoms with Crippen LogP contribution in [-0.4, -0.2) is 16.2 Å². The van der Waals surface area contributed by atoms with Crippen LogP contribution in [0, 0.1) is 5.82 Å². The number of benzene rings is 6. The summed E-state index contributed by atoms with van der Waals surface area (Å²) in [6, 6.07) is 47.2. The van der Waals surface area contributed by atoms with Crippen LogP contribution in [0.3, 0.4) is 0 Å². The maximum Gasteiger partial charge on any atom is 0.148 e. The molecule has 6 aromatic rings. The fourth-order valence-corrected chi connectivity index (χ4v) is 11.1. The zero-order chi connectivity index (χ0) is 41.4. The van der Waals surface area contributed by atoms with E-state index in [9.17, 15) is 4.39 Å². The van der Waals surface area contributed by atoms with Crippen LogP contribution in [0.5, 0.6) is 17.2 Å². The highest BCUT2D eigenvalue weighted by molar-refractivity contribution is 6.35. The van der Waals surface area contributed by atoms with Crippen molar-refractivity contribution in [1.82, 2.24) is 0 Å². The van der Waals surface area contributed by atoms with Crippen molar-refractivity contribution in [2.45, 2.75) is 101 Å². The van der Waals surface area contributed by atoms with Gasteiger partial charge in [-0.2, -0.15) is 0 Å². The lowest BCUT2D eigenvalue weighted by molar-refractivity contribution is 0.195. The van der Waals surface area contributed by atoms with Crippen molar-refractivity contribution in [1.29, 1.82) is 0 Å². The largest absolute Gasteiger partial charge is 0.508 e. The maximum atomic E-state index is 14.1. The van der Waals surface area contributed by atoms with Crippen molar-refractivity contribution < 1.29 is 14.2 Å². The van der Waals surface area contributed by atoms with E-state index in [0.29, 0.717) is 16.5 Å². The second kappa shape index (κ2) is 16.2. The molecule has 0 amide bonds. The molecule has 2 aliphatic carbocycles. The van der Waals surface area contributed by atoms with E-state index in [0.717, 1.165) is 36.4 Å². The number of phenolic OH excluding ortho intramolecular Hbond substituents is 1. The maximum absolute atomic E-state index is 14.1. The molecule has 4 nitrogen and oxygen atoms in total. The Morgan fingerprint density at radius 3 is 1.42 bits per heavy atom. The smallest absolute Gasteiger partial charge is 0.148 e. The van der Waals surface area contributed by atoms with Gasteiger partial charge in [-0.1, -0.05) is 148 Å². The van der Waals surface area contributed by atoms with E-state index in [1.54, 1.807) is 30.3 Å². The lowest BCUT2D eigenvalue weighted by Gasteiger charge is -2.50. The number of aromatic hydroxyl groups is 1. The number of ether oxygens (including phenoxy) is 1. The minimum absolute atomic E-state index is 0.00997. The third-order valence-corrected chi connectivity index (χ3v) is 14.9. The van der Waals surface area contributed by atoms with Gasteiger partial charge in [-0.15, -0.1) is 0 Å². The second-order valence-electron chi connectivity index (χ2n) is 17.2. The van der Waals surface area contributed by atoms with Crippen LogP contribution >= 0.6 is 23.2 Å². The van der Waals surface area contributed by atoms with Gasteiger partial charge >= 0.3 is 0 Å². The molecule has 2 saturated carbocycles. The Labute approximate surface area is 359 Å². The third kappa shape index (κ3) is 6.94. The summed E-state index contributed by atoms with van der Waals surface area (Å²) >= 11 is 13.3. The molecule has 304 valence electrons. The summed E-state index contributed by atoms with van der Waals surface area (Å²) in [4.78, 5) is 4.79. The van der Waals surface area contributed by atoms with Gasteiger partial charge in [0.2, 0.25) is 0 Å². The Kier molecular flexibility index (Phi) is 11.2. The van der Waals surface area contributed by atoms with Gasteiger partial charge in [0.1, 0.15) is 28.1 Å². The summed E-state index contributed by atoms with van der Waals surface area (Å²) in [5.74, 6) is 1.46. The molecule has 0 saturated heterocycles. The fraction of sp³-hybridized carbons (Fsp3) is 0.308. The molecule has 4 unspecified atom stereocenters. The molecule has 10 rings (SSSR count). The molecule has 2 fully saturated rings. The molecule has 0 bridgehead atoms. The average molecular weight is 828 g/mol. The van der Waals surface area contributed by atoms with Gasteiger partial charge in [0, 0.05) is 22.2 Å². The van der Waals surface area contributed by atoms with Crippen LogP contribution in [0.2, 0.25) is 10.0 Å². The molecule has 2 heterocycles. The molecule has 7 heteroatoms. The first kappa shape index (κ1) is 40.8. The van der Waals surface area contributed by atoms with Crippen molar-refractivity contribution in [3.8, 4) is 17.2 Å². The van der Waals surface area contributed by atoms with Crippen molar-refractivity contribution >= 4 is 46.0 Å². The summed E-state index contributed by atoms with van der Waals surface area (Å²) in [7, 11) is 0. The van der Waals surface area contributed by atoms with E-state index < -0.39 is 0 Å². The van der Waals surface area contributed by atoms with E-state index in [1.165, 1.54) is 60.7 Å². The van der Waals surface area contributed by atoms with Crippen molar-refractivity contribution in [3.05, 3.63) is 173 Å². The standard InChI is InChI=1S/C26H26ClNO.C20H21ClFN.C6H6O/c1-25-17-8-9-18-26(25,2)28(21-14-7-6-13-20(21)25)22-15-10-16-23(24(22)27)29-19-11-4-3-5-12-19;1-19-12-5-6-13-20(19,2)23(16-10-4-3-8-14(16)19)17-11-7-9-15(22)18(17)21;7-6-4-2-1-3-5-6/h3-7,10-16H,8-9,17-18H2,1-2H3;3-4,7-11H,5-6,12-13H2,1-2H3;1-5,7H. The minimum Gasteiger partial charge on any atom is -0.508 e. The third-order valence-electron chi connectivity index (χ3n) is 14.1. The molecular weight excluding hydrogens is 774 g/mol. The SMILES string of the molecule is CC12CCCCC1(C)N(c1cccc(F)c1Cl)c1ccccc12.CC12CCCCC1(C)N(c1cccc(Oc3ccccc3)c1Cl)c1ccccc12.Oc1ccccc1. The zero-order valence-electron chi connectivity index (χ0n) is 34.4. The van der Waals surface area contributed by atoms with Crippen LogP contribution in [0.25, 0.3) is 0 Å². The van der Waals surface area contributed by atoms with Gasteiger partial charge in [-0.3, -0.25) is 0 Å². The summed E-state index contributed by atoms with van der Waals surface area (Å²) in [6.45, 7) is 9.52. The average Bonchev–Trinajstić information content (AvgIpc) is 3.59. The van der Waals surface area contributed by atoms with E-state index >= 15 is 0 Å². The Hall–Kier alpha value is -4.97. The van der Waals surface area contributed by atoms with Crippen molar-refractivity contribution in [2.75, 3.05) is 9.80 Å². The Morgan fingerprint density at radius 1 is 0.492 bits per heavy atom. The van der Waals surface area contributed by atoms with Crippen LogP contribution in [0.4, 0.5) is 27.1 Å². The van der Waals surface area contributed by atoms with Crippen LogP contribution in [-0.2, 0) is 10.8 Å². The number of hydrogen-bond acceptors (Lipinski definition) is 4. The summed E-state index contributed by atoms with van der Waals surface area (Å²) in [6.07, 6.45) is 9.56. The molecule has 59 heavy (non-hydrogen) atoms. The quantitative estimate of drug-likeness (QED) is 0.192. The van der Waals surface area contributed by atoms with Crippen LogP contribution in [0.1, 0.15) is 90.2 Å². The Morgan fingerprint density at radius 2 is 0.915 bits per heavy atom. The van der Waals surface area contributed by atoms with E-state index in [-0.39, 0.29) is 32.7 Å². The van der Waals surface area contributed by atoms with Gasteiger partial charge in [-0.25, -0.2) is 4.39 Å². The molecule has 2 aliphatic heterocycles. The topological polar surface area (TPSA) is 35.9 Å². The highest BCUT2D eigenvalue weighted by Crippen LogP contribution is 2.63. The predicted octanol–water partition coefficient (Wildman–Crippen LogP) is 15.5. The monoisotopic (exact) mass is 826 g/mol. The Balaban J connectivity index is 0.000000144. The lowest BCUT2D eigenvalue weighted by atomic mass is 9.61. The number of nitrogens with zero attached hydrogens (tertiary/aromatic N) is 2. The van der Waals surface area contributed by atoms with Gasteiger partial charge in [0.15, 0.2) is 0 Å². The molecule has 4 atom stereocenters. The highest BCUT2D eigenvalue weighted by atomic mass is 35.5. The molecular formula is C52H53Cl2FN2O2. The van der Waals surface area contributed by atoms with Gasteiger partial charge in [0.05, 0.1) is 27.5 Å². The minimum atomic E-state index is -0.352. The number of fused-ring (bicyclic) bond motifs is 6. The first-order chi connectivity index (χ1) is 28.4. The van der Waals surface area contributed by atoms with Gasteiger partial charge in [-0.05, 0) is 111 Å². The molecule has 4 aliphatic rings. The summed E-state index contributed by atoms with van der Waals surface area (Å²) < 4.78 is 20.2. The highest BCUT2D eigenvalue weighted by Gasteiger charge is 2.59. The van der Waals surface area contributed by atoms with Gasteiger partial charge in [0.25, 0.3) is 0 Å². The Bertz CT molecular complexity index is 2430. The van der Waals surface area contributed by atoms with Crippen LogP contribution < -0.4 is 14.5 Å². The second-order valence-corrected chi connectivity index (χ2v) is 18.0. The van der Waals surface area contributed by atoms with Crippen molar-refractivity contribution in [2.24, 2.45) is 0 Å². The molecule has 6 aromatic carbocycles. The van der Waals surface area contributed by atoms with E-state index in [4.69, 9.17) is 33.0 Å². The first-order valence-electron chi connectivity index (χ1n) is 20.9. The lowest BCUT2D eigenvalue weighted by Crippen LogP contribution is -2.54.